The Kier molecular flexibility index (Phi) is 2.14. The van der Waals surface area contributed by atoms with Crippen molar-refractivity contribution in [1.82, 2.24) is 19.9 Å². The molecule has 1 aliphatic heterocycles. The van der Waals surface area contributed by atoms with Gasteiger partial charge in [-0.3, -0.25) is 0 Å². The number of fused-ring (bicyclic) bond motifs is 2. The number of anilines is 1. The van der Waals surface area contributed by atoms with Crippen molar-refractivity contribution in [3.63, 3.8) is 0 Å². The quantitative estimate of drug-likeness (QED) is 0.729. The Labute approximate surface area is 108 Å². The highest BCUT2D eigenvalue weighted by atomic mass is 16.5. The van der Waals surface area contributed by atoms with Gasteiger partial charge in [-0.2, -0.15) is 0 Å². The number of para-hydroxylation sites is 1. The normalized spacial score (nSPS) is 17.2. The van der Waals surface area contributed by atoms with E-state index >= 15 is 0 Å². The smallest absolute Gasteiger partial charge is 0.182 e. The van der Waals surface area contributed by atoms with Gasteiger partial charge in [-0.25, -0.2) is 15.0 Å². The van der Waals surface area contributed by atoms with Crippen LogP contribution in [0.4, 0.5) is 5.82 Å². The molecule has 0 bridgehead atoms. The molecule has 3 heterocycles. The van der Waals surface area contributed by atoms with Gasteiger partial charge in [-0.1, -0.05) is 18.2 Å². The molecule has 0 amide bonds. The average molecular weight is 253 g/mol. The fourth-order valence-electron chi connectivity index (χ4n) is 2.32. The maximum atomic E-state index is 5.65. The molecule has 0 fully saturated rings. The molecule has 0 aliphatic carbocycles. The second-order valence-corrected chi connectivity index (χ2v) is 4.37. The molecule has 0 unspecified atom stereocenters. The summed E-state index contributed by atoms with van der Waals surface area (Å²) in [5.41, 5.74) is 2.62. The summed E-state index contributed by atoms with van der Waals surface area (Å²) in [6, 6.07) is 8.11. The van der Waals surface area contributed by atoms with Crippen LogP contribution in [-0.4, -0.2) is 26.5 Å². The Bertz CT molecular complexity index is 738. The molecular weight excluding hydrogens is 242 g/mol. The van der Waals surface area contributed by atoms with Gasteiger partial charge in [0.25, 0.3) is 0 Å². The van der Waals surface area contributed by atoms with E-state index in [1.54, 1.807) is 6.33 Å². The number of ether oxygens (including phenoxy) is 1. The second-order valence-electron chi connectivity index (χ2n) is 4.37. The highest BCUT2D eigenvalue weighted by molar-refractivity contribution is 5.82. The molecule has 1 aromatic carbocycles. The van der Waals surface area contributed by atoms with Gasteiger partial charge in [0.1, 0.15) is 24.2 Å². The van der Waals surface area contributed by atoms with Gasteiger partial charge in [0, 0.05) is 5.56 Å². The van der Waals surface area contributed by atoms with Crippen molar-refractivity contribution in [1.29, 1.82) is 0 Å². The minimum atomic E-state index is 0.0950. The zero-order valence-corrected chi connectivity index (χ0v) is 10.00. The molecule has 4 rings (SSSR count). The van der Waals surface area contributed by atoms with Crippen LogP contribution >= 0.6 is 0 Å². The fraction of sp³-hybridized carbons (Fsp3) is 0.154. The van der Waals surface area contributed by atoms with Crippen LogP contribution in [0.1, 0.15) is 11.6 Å². The van der Waals surface area contributed by atoms with E-state index in [4.69, 9.17) is 4.74 Å². The van der Waals surface area contributed by atoms with Crippen molar-refractivity contribution in [2.24, 2.45) is 0 Å². The van der Waals surface area contributed by atoms with E-state index in [2.05, 4.69) is 31.3 Å². The molecule has 1 aliphatic rings. The van der Waals surface area contributed by atoms with E-state index in [9.17, 15) is 0 Å². The van der Waals surface area contributed by atoms with E-state index in [1.165, 1.54) is 6.33 Å². The third-order valence-corrected chi connectivity index (χ3v) is 3.23. The lowest BCUT2D eigenvalue weighted by Gasteiger charge is -2.12. The molecule has 6 nitrogen and oxygen atoms in total. The first-order chi connectivity index (χ1) is 9.42. The molecule has 0 saturated heterocycles. The third-order valence-electron chi connectivity index (χ3n) is 3.23. The first kappa shape index (κ1) is 10.3. The first-order valence-electron chi connectivity index (χ1n) is 6.04. The molecule has 0 spiro atoms. The summed E-state index contributed by atoms with van der Waals surface area (Å²) in [5, 5.41) is 3.38. The summed E-state index contributed by atoms with van der Waals surface area (Å²) in [4.78, 5) is 15.5. The van der Waals surface area contributed by atoms with Crippen molar-refractivity contribution in [2.75, 3.05) is 11.9 Å². The Morgan fingerprint density at radius 3 is 3.16 bits per heavy atom. The second kappa shape index (κ2) is 3.94. The minimum Gasteiger partial charge on any atom is -0.491 e. The largest absolute Gasteiger partial charge is 0.491 e. The Morgan fingerprint density at radius 2 is 2.16 bits per heavy atom. The lowest BCUT2D eigenvalue weighted by atomic mass is 10.1. The fourth-order valence-corrected chi connectivity index (χ4v) is 2.32. The van der Waals surface area contributed by atoms with Crippen molar-refractivity contribution < 1.29 is 4.74 Å². The van der Waals surface area contributed by atoms with Crippen LogP contribution in [0.15, 0.2) is 36.9 Å². The standard InChI is InChI=1S/C13H11N5O/c1-2-4-10-8(3-1)9(5-19-10)18-13-11-12(15-6-14-11)16-7-17-13/h1-4,6-7,9H,5H2,(H2,14,15,16,17,18)/t9-/m1/s1. The summed E-state index contributed by atoms with van der Waals surface area (Å²) in [7, 11) is 0. The lowest BCUT2D eigenvalue weighted by Crippen LogP contribution is -2.13. The number of imidazole rings is 1. The van der Waals surface area contributed by atoms with Crippen LogP contribution in [0.25, 0.3) is 11.2 Å². The maximum Gasteiger partial charge on any atom is 0.182 e. The highest BCUT2D eigenvalue weighted by Gasteiger charge is 2.24. The van der Waals surface area contributed by atoms with Crippen molar-refractivity contribution in [3.05, 3.63) is 42.5 Å². The number of nitrogens with zero attached hydrogens (tertiary/aromatic N) is 3. The Balaban J connectivity index is 1.71. The molecule has 0 saturated carbocycles. The van der Waals surface area contributed by atoms with Gasteiger partial charge < -0.3 is 15.0 Å². The number of aromatic amines is 1. The summed E-state index contributed by atoms with van der Waals surface area (Å²) in [6.07, 6.45) is 3.12. The molecule has 6 heteroatoms. The average Bonchev–Trinajstić information content (AvgIpc) is 3.06. The van der Waals surface area contributed by atoms with E-state index < -0.39 is 0 Å². The van der Waals surface area contributed by atoms with Crippen LogP contribution < -0.4 is 10.1 Å². The van der Waals surface area contributed by atoms with Gasteiger partial charge in [0.05, 0.1) is 12.4 Å². The zero-order chi connectivity index (χ0) is 12.7. The number of rotatable bonds is 2. The number of nitrogens with one attached hydrogen (secondary N) is 2. The number of benzene rings is 1. The van der Waals surface area contributed by atoms with Crippen molar-refractivity contribution >= 4 is 17.0 Å². The number of hydrogen-bond acceptors (Lipinski definition) is 5. The monoisotopic (exact) mass is 253 g/mol. The highest BCUT2D eigenvalue weighted by Crippen LogP contribution is 2.34. The van der Waals surface area contributed by atoms with Crippen LogP contribution in [0, 0.1) is 0 Å². The van der Waals surface area contributed by atoms with E-state index in [-0.39, 0.29) is 6.04 Å². The van der Waals surface area contributed by atoms with E-state index in [0.29, 0.717) is 12.3 Å². The maximum absolute atomic E-state index is 5.65. The predicted molar refractivity (Wildman–Crippen MR) is 70.0 cm³/mol. The third kappa shape index (κ3) is 1.61. The molecule has 19 heavy (non-hydrogen) atoms. The molecule has 2 aromatic heterocycles. The van der Waals surface area contributed by atoms with Gasteiger partial charge >= 0.3 is 0 Å². The predicted octanol–water partition coefficient (Wildman–Crippen LogP) is 1.90. The minimum absolute atomic E-state index is 0.0950. The lowest BCUT2D eigenvalue weighted by molar-refractivity contribution is 0.339. The SMILES string of the molecule is c1ccc2c(c1)OC[C@H]2Nc1ncnc2nc[nH]c12. The molecular formula is C13H11N5O. The number of hydrogen-bond donors (Lipinski definition) is 2. The van der Waals surface area contributed by atoms with Gasteiger partial charge in [0.2, 0.25) is 0 Å². The summed E-state index contributed by atoms with van der Waals surface area (Å²) in [5.74, 6) is 1.67. The molecule has 1 atom stereocenters. The van der Waals surface area contributed by atoms with Crippen LogP contribution in [0.2, 0.25) is 0 Å². The van der Waals surface area contributed by atoms with Gasteiger partial charge in [-0.15, -0.1) is 0 Å². The van der Waals surface area contributed by atoms with Crippen LogP contribution in [-0.2, 0) is 0 Å². The topological polar surface area (TPSA) is 75.7 Å². The molecule has 94 valence electrons. The van der Waals surface area contributed by atoms with Crippen molar-refractivity contribution in [2.45, 2.75) is 6.04 Å². The summed E-state index contributed by atoms with van der Waals surface area (Å²) in [6.45, 7) is 0.596. The molecule has 2 N–H and O–H groups in total. The van der Waals surface area contributed by atoms with Gasteiger partial charge in [-0.05, 0) is 6.07 Å². The van der Waals surface area contributed by atoms with E-state index in [1.807, 2.05) is 18.2 Å². The zero-order valence-electron chi connectivity index (χ0n) is 10.00. The van der Waals surface area contributed by atoms with Crippen LogP contribution in [0.5, 0.6) is 5.75 Å². The summed E-state index contributed by atoms with van der Waals surface area (Å²) < 4.78 is 5.65. The first-order valence-corrected chi connectivity index (χ1v) is 6.04. The van der Waals surface area contributed by atoms with Crippen molar-refractivity contribution in [3.8, 4) is 5.75 Å². The van der Waals surface area contributed by atoms with E-state index in [0.717, 1.165) is 22.6 Å². The Hall–Kier alpha value is -2.63. The molecule has 3 aromatic rings. The van der Waals surface area contributed by atoms with Gasteiger partial charge in [0.15, 0.2) is 11.5 Å². The van der Waals surface area contributed by atoms with Crippen LogP contribution in [0.3, 0.4) is 0 Å². The number of aromatic nitrogens is 4. The summed E-state index contributed by atoms with van der Waals surface area (Å²) >= 11 is 0. The molecule has 0 radical (unpaired) electrons. The Morgan fingerprint density at radius 1 is 1.21 bits per heavy atom. The number of H-pyrrole nitrogens is 1.